The van der Waals surface area contributed by atoms with Crippen LogP contribution in [0.25, 0.3) is 0 Å². The van der Waals surface area contributed by atoms with Crippen molar-refractivity contribution in [1.29, 1.82) is 0 Å². The number of benzene rings is 1. The van der Waals surface area contributed by atoms with Gasteiger partial charge >= 0.3 is 0 Å². The normalized spacial score (nSPS) is 15.1. The predicted octanol–water partition coefficient (Wildman–Crippen LogP) is 1.74. The van der Waals surface area contributed by atoms with Crippen molar-refractivity contribution in [3.63, 3.8) is 0 Å². The van der Waals surface area contributed by atoms with Crippen molar-refractivity contribution >= 4 is 5.82 Å². The van der Waals surface area contributed by atoms with Crippen molar-refractivity contribution in [2.45, 2.75) is 6.42 Å². The maximum atomic E-state index is 13.2. The third-order valence-corrected chi connectivity index (χ3v) is 3.76. The quantitative estimate of drug-likeness (QED) is 0.864. The molecule has 1 saturated heterocycles. The van der Waals surface area contributed by atoms with Gasteiger partial charge in [-0.3, -0.25) is 4.79 Å². The molecule has 2 aromatic rings. The summed E-state index contributed by atoms with van der Waals surface area (Å²) in [5, 5.41) is 0. The standard InChI is InChI=1S/C15H15F2N3O/c1-19-5-4-18-14(15(19)21)20-8-11(9-20)6-10-2-3-12(16)13(17)7-10/h2-5,7,11H,6,8-9H2,1H3. The number of anilines is 1. The number of halogens is 2. The van der Waals surface area contributed by atoms with E-state index in [1.54, 1.807) is 25.5 Å². The Balaban J connectivity index is 1.64. The van der Waals surface area contributed by atoms with Crippen molar-refractivity contribution in [2.24, 2.45) is 13.0 Å². The lowest BCUT2D eigenvalue weighted by Gasteiger charge is -2.39. The summed E-state index contributed by atoms with van der Waals surface area (Å²) in [6.45, 7) is 1.40. The summed E-state index contributed by atoms with van der Waals surface area (Å²) in [5.41, 5.74) is 0.649. The second kappa shape index (κ2) is 5.27. The van der Waals surface area contributed by atoms with Gasteiger partial charge in [0.15, 0.2) is 17.5 Å². The SMILES string of the molecule is Cn1ccnc(N2CC(Cc3ccc(F)c(F)c3)C2)c1=O. The molecule has 6 heteroatoms. The molecule has 0 radical (unpaired) electrons. The van der Waals surface area contributed by atoms with Gasteiger partial charge in [-0.2, -0.15) is 0 Å². The number of rotatable bonds is 3. The highest BCUT2D eigenvalue weighted by Gasteiger charge is 2.29. The third-order valence-electron chi connectivity index (χ3n) is 3.76. The molecule has 4 nitrogen and oxygen atoms in total. The monoisotopic (exact) mass is 291 g/mol. The first-order chi connectivity index (χ1) is 10.0. The van der Waals surface area contributed by atoms with Crippen LogP contribution in [0.5, 0.6) is 0 Å². The first-order valence-corrected chi connectivity index (χ1v) is 6.75. The second-order valence-corrected chi connectivity index (χ2v) is 5.39. The largest absolute Gasteiger partial charge is 0.351 e. The summed E-state index contributed by atoms with van der Waals surface area (Å²) in [5.74, 6) is -0.878. The van der Waals surface area contributed by atoms with Gasteiger partial charge in [0.25, 0.3) is 5.56 Å². The minimum Gasteiger partial charge on any atom is -0.351 e. The summed E-state index contributed by atoms with van der Waals surface area (Å²) in [4.78, 5) is 17.9. The van der Waals surface area contributed by atoms with E-state index < -0.39 is 11.6 Å². The first-order valence-electron chi connectivity index (χ1n) is 6.75. The van der Waals surface area contributed by atoms with Crippen LogP contribution in [0.2, 0.25) is 0 Å². The van der Waals surface area contributed by atoms with Crippen LogP contribution in [0.3, 0.4) is 0 Å². The fourth-order valence-electron chi connectivity index (χ4n) is 2.57. The average molecular weight is 291 g/mol. The summed E-state index contributed by atoms with van der Waals surface area (Å²) in [6, 6.07) is 3.98. The van der Waals surface area contributed by atoms with Crippen LogP contribution < -0.4 is 10.5 Å². The molecule has 2 heterocycles. The third kappa shape index (κ3) is 2.66. The summed E-state index contributed by atoms with van der Waals surface area (Å²) in [6.07, 6.45) is 3.88. The van der Waals surface area contributed by atoms with E-state index in [-0.39, 0.29) is 5.56 Å². The molecule has 1 aliphatic rings. The van der Waals surface area contributed by atoms with Crippen molar-refractivity contribution < 1.29 is 8.78 Å². The molecule has 0 N–H and O–H groups in total. The van der Waals surface area contributed by atoms with E-state index >= 15 is 0 Å². The van der Waals surface area contributed by atoms with Gasteiger partial charge in [-0.25, -0.2) is 13.8 Å². The number of hydrogen-bond donors (Lipinski definition) is 0. The molecule has 3 rings (SSSR count). The van der Waals surface area contributed by atoms with Crippen molar-refractivity contribution in [1.82, 2.24) is 9.55 Å². The van der Waals surface area contributed by atoms with Crippen LogP contribution >= 0.6 is 0 Å². The molecule has 1 aliphatic heterocycles. The number of aromatic nitrogens is 2. The van der Waals surface area contributed by atoms with Gasteiger partial charge in [0.05, 0.1) is 0 Å². The topological polar surface area (TPSA) is 38.1 Å². The molecule has 21 heavy (non-hydrogen) atoms. The van der Waals surface area contributed by atoms with E-state index in [2.05, 4.69) is 4.98 Å². The zero-order valence-corrected chi connectivity index (χ0v) is 11.6. The van der Waals surface area contributed by atoms with E-state index in [0.717, 1.165) is 11.6 Å². The molecule has 0 spiro atoms. The Morgan fingerprint density at radius 2 is 2.05 bits per heavy atom. The molecule has 0 atom stereocenters. The molecule has 0 saturated carbocycles. The van der Waals surface area contributed by atoms with Gasteiger partial charge in [0.1, 0.15) is 0 Å². The van der Waals surface area contributed by atoms with Gasteiger partial charge < -0.3 is 9.47 Å². The Hall–Kier alpha value is -2.24. The van der Waals surface area contributed by atoms with E-state index in [0.29, 0.717) is 31.2 Å². The lowest BCUT2D eigenvalue weighted by molar-refractivity contribution is 0.401. The second-order valence-electron chi connectivity index (χ2n) is 5.39. The molecule has 1 aromatic heterocycles. The molecule has 0 bridgehead atoms. The van der Waals surface area contributed by atoms with E-state index in [1.165, 1.54) is 10.6 Å². The van der Waals surface area contributed by atoms with Crippen molar-refractivity contribution in [2.75, 3.05) is 18.0 Å². The zero-order chi connectivity index (χ0) is 15.0. The van der Waals surface area contributed by atoms with Gasteiger partial charge in [-0.05, 0) is 30.0 Å². The first kappa shape index (κ1) is 13.7. The Morgan fingerprint density at radius 3 is 2.76 bits per heavy atom. The number of aryl methyl sites for hydroxylation is 1. The smallest absolute Gasteiger partial charge is 0.293 e. The Morgan fingerprint density at radius 1 is 1.29 bits per heavy atom. The highest BCUT2D eigenvalue weighted by atomic mass is 19.2. The molecular formula is C15H15F2N3O. The van der Waals surface area contributed by atoms with Gasteiger partial charge in [0.2, 0.25) is 0 Å². The lowest BCUT2D eigenvalue weighted by atomic mass is 9.92. The Labute approximate surface area is 120 Å². The molecular weight excluding hydrogens is 276 g/mol. The van der Waals surface area contributed by atoms with Gasteiger partial charge in [-0.1, -0.05) is 6.07 Å². The van der Waals surface area contributed by atoms with E-state index in [9.17, 15) is 13.6 Å². The molecule has 1 fully saturated rings. The van der Waals surface area contributed by atoms with Gasteiger partial charge in [-0.15, -0.1) is 0 Å². The molecule has 0 aliphatic carbocycles. The summed E-state index contributed by atoms with van der Waals surface area (Å²) < 4.78 is 27.5. The van der Waals surface area contributed by atoms with Crippen LogP contribution in [0, 0.1) is 17.6 Å². The van der Waals surface area contributed by atoms with Gasteiger partial charge in [0, 0.05) is 32.5 Å². The van der Waals surface area contributed by atoms with Crippen molar-refractivity contribution in [3.8, 4) is 0 Å². The fraction of sp³-hybridized carbons (Fsp3) is 0.333. The minimum atomic E-state index is -0.828. The Bertz CT molecular complexity index is 723. The lowest BCUT2D eigenvalue weighted by Crippen LogP contribution is -2.50. The highest BCUT2D eigenvalue weighted by Crippen LogP contribution is 2.23. The Kier molecular flexibility index (Phi) is 3.45. The fourth-order valence-corrected chi connectivity index (χ4v) is 2.57. The summed E-state index contributed by atoms with van der Waals surface area (Å²) >= 11 is 0. The van der Waals surface area contributed by atoms with Crippen LogP contribution in [-0.4, -0.2) is 22.6 Å². The predicted molar refractivity (Wildman–Crippen MR) is 75.2 cm³/mol. The molecule has 0 unspecified atom stereocenters. The minimum absolute atomic E-state index is 0.122. The highest BCUT2D eigenvalue weighted by molar-refractivity contribution is 5.39. The summed E-state index contributed by atoms with van der Waals surface area (Å²) in [7, 11) is 1.69. The van der Waals surface area contributed by atoms with Crippen LogP contribution in [0.4, 0.5) is 14.6 Å². The van der Waals surface area contributed by atoms with Crippen LogP contribution in [0.15, 0.2) is 35.4 Å². The average Bonchev–Trinajstić information content (AvgIpc) is 2.41. The van der Waals surface area contributed by atoms with E-state index in [1.807, 2.05) is 4.90 Å². The van der Waals surface area contributed by atoms with Crippen LogP contribution in [-0.2, 0) is 13.5 Å². The molecule has 110 valence electrons. The number of nitrogens with zero attached hydrogens (tertiary/aromatic N) is 3. The van der Waals surface area contributed by atoms with Crippen LogP contribution in [0.1, 0.15) is 5.56 Å². The number of hydrogen-bond acceptors (Lipinski definition) is 3. The molecule has 0 amide bonds. The van der Waals surface area contributed by atoms with E-state index in [4.69, 9.17) is 0 Å². The zero-order valence-electron chi connectivity index (χ0n) is 11.6. The molecule has 1 aromatic carbocycles. The van der Waals surface area contributed by atoms with Crippen molar-refractivity contribution in [3.05, 3.63) is 58.1 Å². The maximum Gasteiger partial charge on any atom is 0.293 e. The maximum absolute atomic E-state index is 13.2.